The molecule has 0 atom stereocenters. The van der Waals surface area contributed by atoms with Crippen LogP contribution >= 0.6 is 22.9 Å². The van der Waals surface area contributed by atoms with Crippen molar-refractivity contribution in [2.45, 2.75) is 13.1 Å². The van der Waals surface area contributed by atoms with Gasteiger partial charge < -0.3 is 10.3 Å². The van der Waals surface area contributed by atoms with Gasteiger partial charge in [-0.1, -0.05) is 29.0 Å². The third-order valence-corrected chi connectivity index (χ3v) is 3.41. The molecule has 2 aromatic rings. The van der Waals surface area contributed by atoms with Gasteiger partial charge in [-0.3, -0.25) is 9.59 Å². The summed E-state index contributed by atoms with van der Waals surface area (Å²) >= 11 is 7.05. The molecule has 2 rings (SSSR count). The van der Waals surface area contributed by atoms with E-state index in [0.717, 1.165) is 17.0 Å². The van der Waals surface area contributed by atoms with E-state index >= 15 is 0 Å². The zero-order chi connectivity index (χ0) is 13.8. The lowest BCUT2D eigenvalue weighted by atomic mass is 10.4. The number of hydrogen-bond donors (Lipinski definition) is 2. The number of halogens is 1. The van der Waals surface area contributed by atoms with Gasteiger partial charge in [0.25, 0.3) is 5.56 Å². The van der Waals surface area contributed by atoms with E-state index in [4.69, 9.17) is 11.6 Å². The van der Waals surface area contributed by atoms with Gasteiger partial charge in [0, 0.05) is 11.1 Å². The van der Waals surface area contributed by atoms with Gasteiger partial charge in [0.2, 0.25) is 0 Å². The molecule has 0 fully saturated rings. The lowest BCUT2D eigenvalue weighted by Crippen LogP contribution is -2.23. The van der Waals surface area contributed by atoms with E-state index in [9.17, 15) is 9.59 Å². The Morgan fingerprint density at radius 2 is 2.37 bits per heavy atom. The number of nitrogens with one attached hydrogen (secondary N) is 2. The van der Waals surface area contributed by atoms with Crippen LogP contribution in [0.1, 0.15) is 5.69 Å². The van der Waals surface area contributed by atoms with E-state index in [1.165, 1.54) is 10.9 Å². The summed E-state index contributed by atoms with van der Waals surface area (Å²) in [5.41, 5.74) is 0.769. The van der Waals surface area contributed by atoms with Gasteiger partial charge in [0.15, 0.2) is 0 Å². The minimum Gasteiger partial charge on any atom is -0.377 e. The average Bonchev–Trinajstić information content (AvgIpc) is 2.80. The standard InChI is InChI=1S/C11H11ClN4O2S/c1-2-3-16-10(17)9(12)8(5-14-16)13-4-7-6-19-11(18)15-7/h2,5-6,13H,1,3-4H2,(H,15,18). The Kier molecular flexibility index (Phi) is 4.18. The van der Waals surface area contributed by atoms with Gasteiger partial charge in [0.05, 0.1) is 25.0 Å². The summed E-state index contributed by atoms with van der Waals surface area (Å²) in [5.74, 6) is 0. The van der Waals surface area contributed by atoms with Crippen LogP contribution < -0.4 is 15.7 Å². The first-order valence-corrected chi connectivity index (χ1v) is 6.64. The predicted molar refractivity (Wildman–Crippen MR) is 76.0 cm³/mol. The minimum absolute atomic E-state index is 0.0643. The number of thiazole rings is 1. The lowest BCUT2D eigenvalue weighted by molar-refractivity contribution is 0.653. The summed E-state index contributed by atoms with van der Waals surface area (Å²) in [7, 11) is 0. The number of aromatic nitrogens is 3. The van der Waals surface area contributed by atoms with Gasteiger partial charge in [-0.2, -0.15) is 5.10 Å². The van der Waals surface area contributed by atoms with Crippen LogP contribution in [0.5, 0.6) is 0 Å². The molecule has 0 bridgehead atoms. The Morgan fingerprint density at radius 3 is 3.00 bits per heavy atom. The fourth-order valence-corrected chi connectivity index (χ4v) is 2.23. The van der Waals surface area contributed by atoms with Gasteiger partial charge in [-0.05, 0) is 0 Å². The smallest absolute Gasteiger partial charge is 0.304 e. The maximum atomic E-state index is 11.8. The van der Waals surface area contributed by atoms with Crippen LogP contribution in [0.2, 0.25) is 5.02 Å². The van der Waals surface area contributed by atoms with Crippen molar-refractivity contribution < 1.29 is 0 Å². The fourth-order valence-electron chi connectivity index (χ4n) is 1.43. The van der Waals surface area contributed by atoms with Crippen molar-refractivity contribution in [3.05, 3.63) is 55.0 Å². The zero-order valence-electron chi connectivity index (χ0n) is 9.85. The van der Waals surface area contributed by atoms with Gasteiger partial charge >= 0.3 is 4.87 Å². The number of H-pyrrole nitrogens is 1. The van der Waals surface area contributed by atoms with Crippen LogP contribution in [0.15, 0.2) is 33.8 Å². The minimum atomic E-state index is -0.384. The highest BCUT2D eigenvalue weighted by molar-refractivity contribution is 7.07. The van der Waals surface area contributed by atoms with E-state index in [0.29, 0.717) is 18.8 Å². The molecule has 6 nitrogen and oxygen atoms in total. The van der Waals surface area contributed by atoms with Gasteiger partial charge in [0.1, 0.15) is 5.02 Å². The SMILES string of the molecule is C=CCn1ncc(NCc2csc(=O)[nH]2)c(Cl)c1=O. The summed E-state index contributed by atoms with van der Waals surface area (Å²) in [6, 6.07) is 0. The van der Waals surface area contributed by atoms with Crippen molar-refractivity contribution in [2.24, 2.45) is 0 Å². The van der Waals surface area contributed by atoms with Crippen LogP contribution in [0.4, 0.5) is 5.69 Å². The van der Waals surface area contributed by atoms with Gasteiger partial charge in [-0.15, -0.1) is 6.58 Å². The third-order valence-electron chi connectivity index (χ3n) is 2.33. The first-order chi connectivity index (χ1) is 9.11. The Hall–Kier alpha value is -1.86. The van der Waals surface area contributed by atoms with Crippen LogP contribution in [0.25, 0.3) is 0 Å². The number of aromatic amines is 1. The van der Waals surface area contributed by atoms with E-state index in [1.807, 2.05) is 0 Å². The molecule has 8 heteroatoms. The molecule has 0 aliphatic rings. The Morgan fingerprint density at radius 1 is 1.58 bits per heavy atom. The molecular formula is C11H11ClN4O2S. The van der Waals surface area contributed by atoms with E-state index in [1.54, 1.807) is 11.5 Å². The average molecular weight is 299 g/mol. The third kappa shape index (κ3) is 3.12. The second kappa shape index (κ2) is 5.85. The highest BCUT2D eigenvalue weighted by Crippen LogP contribution is 2.16. The molecule has 0 radical (unpaired) electrons. The van der Waals surface area contributed by atoms with Gasteiger partial charge in [-0.25, -0.2) is 4.68 Å². The predicted octanol–water partition coefficient (Wildman–Crippen LogP) is 1.44. The summed E-state index contributed by atoms with van der Waals surface area (Å²) in [5, 5.41) is 8.69. The Balaban J connectivity index is 2.17. The normalized spacial score (nSPS) is 10.4. The van der Waals surface area contributed by atoms with Crippen LogP contribution in [0.3, 0.4) is 0 Å². The molecule has 0 saturated carbocycles. The van der Waals surface area contributed by atoms with Crippen molar-refractivity contribution in [1.29, 1.82) is 0 Å². The molecular weight excluding hydrogens is 288 g/mol. The molecule has 0 amide bonds. The Labute approximate surface area is 117 Å². The molecule has 2 heterocycles. The molecule has 0 unspecified atom stereocenters. The monoisotopic (exact) mass is 298 g/mol. The van der Waals surface area contributed by atoms with Crippen molar-refractivity contribution >= 4 is 28.6 Å². The van der Waals surface area contributed by atoms with Crippen LogP contribution in [-0.2, 0) is 13.1 Å². The summed E-state index contributed by atoms with van der Waals surface area (Å²) < 4.78 is 1.22. The number of hydrogen-bond acceptors (Lipinski definition) is 5. The number of nitrogens with zero attached hydrogens (tertiary/aromatic N) is 2. The molecule has 0 aliphatic carbocycles. The lowest BCUT2D eigenvalue weighted by Gasteiger charge is -2.08. The zero-order valence-corrected chi connectivity index (χ0v) is 11.4. The quantitative estimate of drug-likeness (QED) is 0.819. The molecule has 0 aromatic carbocycles. The molecule has 19 heavy (non-hydrogen) atoms. The molecule has 2 N–H and O–H groups in total. The van der Waals surface area contributed by atoms with Crippen molar-refractivity contribution in [2.75, 3.05) is 5.32 Å². The molecule has 0 aliphatic heterocycles. The fraction of sp³-hybridized carbons (Fsp3) is 0.182. The van der Waals surface area contributed by atoms with E-state index < -0.39 is 0 Å². The summed E-state index contributed by atoms with van der Waals surface area (Å²) in [6.45, 7) is 4.20. The molecule has 2 aromatic heterocycles. The van der Waals surface area contributed by atoms with Crippen LogP contribution in [0, 0.1) is 0 Å². The number of rotatable bonds is 5. The van der Waals surface area contributed by atoms with Crippen molar-refractivity contribution in [1.82, 2.24) is 14.8 Å². The number of allylic oxidation sites excluding steroid dienone is 1. The Bertz CT molecular complexity index is 703. The number of anilines is 1. The topological polar surface area (TPSA) is 79.8 Å². The highest BCUT2D eigenvalue weighted by atomic mass is 35.5. The maximum Gasteiger partial charge on any atom is 0.304 e. The van der Waals surface area contributed by atoms with Crippen LogP contribution in [-0.4, -0.2) is 14.8 Å². The highest BCUT2D eigenvalue weighted by Gasteiger charge is 2.08. The summed E-state index contributed by atoms with van der Waals surface area (Å²) in [4.78, 5) is 25.3. The first kappa shape index (κ1) is 13.6. The van der Waals surface area contributed by atoms with Crippen molar-refractivity contribution in [3.8, 4) is 0 Å². The molecule has 0 saturated heterocycles. The second-order valence-electron chi connectivity index (χ2n) is 3.68. The largest absolute Gasteiger partial charge is 0.377 e. The van der Waals surface area contributed by atoms with Crippen molar-refractivity contribution in [3.63, 3.8) is 0 Å². The van der Waals surface area contributed by atoms with E-state index in [2.05, 4.69) is 22.0 Å². The molecule has 0 spiro atoms. The molecule has 100 valence electrons. The maximum absolute atomic E-state index is 11.8. The second-order valence-corrected chi connectivity index (χ2v) is 4.90. The first-order valence-electron chi connectivity index (χ1n) is 5.39. The summed E-state index contributed by atoms with van der Waals surface area (Å²) in [6.07, 6.45) is 3.03. The van der Waals surface area contributed by atoms with E-state index in [-0.39, 0.29) is 15.5 Å².